The van der Waals surface area contributed by atoms with Crippen LogP contribution in [0.25, 0.3) is 0 Å². The normalized spacial score (nSPS) is 16.0. The van der Waals surface area contributed by atoms with Crippen LogP contribution in [0.3, 0.4) is 0 Å². The van der Waals surface area contributed by atoms with Gasteiger partial charge < -0.3 is 20.7 Å². The molecule has 1 unspecified atom stereocenters. The van der Waals surface area contributed by atoms with Gasteiger partial charge in [-0.2, -0.15) is 0 Å². The zero-order valence-electron chi connectivity index (χ0n) is 14.2. The van der Waals surface area contributed by atoms with Gasteiger partial charge in [-0.25, -0.2) is 0 Å². The lowest BCUT2D eigenvalue weighted by Crippen LogP contribution is -2.49. The van der Waals surface area contributed by atoms with Crippen molar-refractivity contribution in [2.45, 2.75) is 25.8 Å². The zero-order valence-corrected chi connectivity index (χ0v) is 15.0. The maximum atomic E-state index is 12.4. The molecule has 0 aliphatic carbocycles. The molecule has 1 aliphatic heterocycles. The van der Waals surface area contributed by atoms with Crippen LogP contribution in [0.1, 0.15) is 18.4 Å². The molecular formula is C17H26ClN3O3. The first kappa shape index (κ1) is 20.4. The van der Waals surface area contributed by atoms with E-state index in [1.54, 1.807) is 7.05 Å². The van der Waals surface area contributed by atoms with E-state index in [2.05, 4.69) is 5.32 Å². The molecule has 0 aromatic heterocycles. The molecule has 1 aromatic rings. The second kappa shape index (κ2) is 9.61. The average Bonchev–Trinajstić information content (AvgIpc) is 2.56. The Bertz CT molecular complexity index is 545. The van der Waals surface area contributed by atoms with Crippen molar-refractivity contribution in [3.8, 4) is 0 Å². The van der Waals surface area contributed by atoms with Crippen LogP contribution < -0.4 is 11.1 Å². The third-order valence-electron chi connectivity index (χ3n) is 4.15. The number of nitrogens with zero attached hydrogens (tertiary/aromatic N) is 1. The Morgan fingerprint density at radius 3 is 2.46 bits per heavy atom. The molecule has 7 heteroatoms. The van der Waals surface area contributed by atoms with Crippen molar-refractivity contribution in [1.82, 2.24) is 4.90 Å². The first-order valence-corrected chi connectivity index (χ1v) is 7.92. The van der Waals surface area contributed by atoms with E-state index in [0.29, 0.717) is 13.2 Å². The Kier molecular flexibility index (Phi) is 8.18. The van der Waals surface area contributed by atoms with Crippen molar-refractivity contribution in [1.29, 1.82) is 0 Å². The van der Waals surface area contributed by atoms with Crippen LogP contribution in [0.2, 0.25) is 0 Å². The van der Waals surface area contributed by atoms with E-state index in [1.807, 2.05) is 31.2 Å². The van der Waals surface area contributed by atoms with Gasteiger partial charge in [0.05, 0.1) is 12.6 Å². The second-order valence-electron chi connectivity index (χ2n) is 6.08. The lowest BCUT2D eigenvalue weighted by molar-refractivity contribution is -0.136. The van der Waals surface area contributed by atoms with Crippen LogP contribution in [0, 0.1) is 12.8 Å². The third kappa shape index (κ3) is 5.78. The highest BCUT2D eigenvalue weighted by Crippen LogP contribution is 2.18. The number of carbonyl (C=O) groups is 2. The Morgan fingerprint density at radius 2 is 1.88 bits per heavy atom. The minimum Gasteiger partial charge on any atom is -0.381 e. The maximum absolute atomic E-state index is 12.4. The summed E-state index contributed by atoms with van der Waals surface area (Å²) in [7, 11) is 1.61. The van der Waals surface area contributed by atoms with Crippen molar-refractivity contribution in [2.75, 3.05) is 32.1 Å². The smallest absolute Gasteiger partial charge is 0.243 e. The number of ether oxygens (including phenoxy) is 1. The number of amides is 2. The van der Waals surface area contributed by atoms with Crippen molar-refractivity contribution in [3.63, 3.8) is 0 Å². The molecule has 24 heavy (non-hydrogen) atoms. The number of rotatable bonds is 5. The molecule has 2 rings (SSSR count). The van der Waals surface area contributed by atoms with Crippen LogP contribution in [0.4, 0.5) is 5.69 Å². The van der Waals surface area contributed by atoms with Gasteiger partial charge in [0.1, 0.15) is 0 Å². The van der Waals surface area contributed by atoms with Crippen molar-refractivity contribution in [2.24, 2.45) is 11.7 Å². The number of nitrogens with one attached hydrogen (secondary N) is 1. The fourth-order valence-corrected chi connectivity index (χ4v) is 2.66. The van der Waals surface area contributed by atoms with Crippen molar-refractivity contribution in [3.05, 3.63) is 29.8 Å². The maximum Gasteiger partial charge on any atom is 0.243 e. The molecule has 1 fully saturated rings. The number of hydrogen-bond acceptors (Lipinski definition) is 4. The summed E-state index contributed by atoms with van der Waals surface area (Å²) in [5, 5.41) is 2.78. The summed E-state index contributed by atoms with van der Waals surface area (Å²) in [6.45, 7) is 3.26. The quantitative estimate of drug-likeness (QED) is 0.839. The molecule has 0 radical (unpaired) electrons. The number of halogens is 1. The van der Waals surface area contributed by atoms with Crippen molar-refractivity contribution >= 4 is 29.9 Å². The summed E-state index contributed by atoms with van der Waals surface area (Å²) in [6, 6.07) is 6.94. The molecule has 1 heterocycles. The third-order valence-corrected chi connectivity index (χ3v) is 4.15. The van der Waals surface area contributed by atoms with Crippen LogP contribution in [-0.2, 0) is 14.3 Å². The predicted octanol–water partition coefficient (Wildman–Crippen LogP) is 1.57. The van der Waals surface area contributed by atoms with E-state index in [4.69, 9.17) is 10.5 Å². The molecule has 134 valence electrons. The van der Waals surface area contributed by atoms with Gasteiger partial charge in [-0.3, -0.25) is 9.59 Å². The topological polar surface area (TPSA) is 84.7 Å². The van der Waals surface area contributed by atoms with E-state index in [9.17, 15) is 9.59 Å². The van der Waals surface area contributed by atoms with Gasteiger partial charge in [-0.1, -0.05) is 17.7 Å². The van der Waals surface area contributed by atoms with Gasteiger partial charge in [-0.05, 0) is 37.8 Å². The molecule has 2 amide bonds. The van der Waals surface area contributed by atoms with Gasteiger partial charge in [0.15, 0.2) is 0 Å². The number of anilines is 1. The highest BCUT2D eigenvalue weighted by molar-refractivity contribution is 5.95. The molecule has 6 nitrogen and oxygen atoms in total. The molecule has 0 saturated carbocycles. The van der Waals surface area contributed by atoms with Gasteiger partial charge in [0.25, 0.3) is 0 Å². The fourth-order valence-electron chi connectivity index (χ4n) is 2.66. The Morgan fingerprint density at radius 1 is 1.29 bits per heavy atom. The van der Waals surface area contributed by atoms with Crippen LogP contribution in [-0.4, -0.2) is 49.6 Å². The molecule has 1 saturated heterocycles. The summed E-state index contributed by atoms with van der Waals surface area (Å²) in [5.74, 6) is -0.307. The van der Waals surface area contributed by atoms with E-state index in [1.165, 1.54) is 4.90 Å². The number of hydrogen-bond donors (Lipinski definition) is 2. The largest absolute Gasteiger partial charge is 0.381 e. The minimum atomic E-state index is -0.573. The first-order chi connectivity index (χ1) is 11.0. The summed E-state index contributed by atoms with van der Waals surface area (Å²) >= 11 is 0. The zero-order chi connectivity index (χ0) is 16.8. The molecule has 1 atom stereocenters. The molecular weight excluding hydrogens is 330 g/mol. The standard InChI is InChI=1S/C17H25N3O3.ClH/c1-12-3-5-14(6-4-12)19-15(21)11-20(2)17(22)16(18)13-7-9-23-10-8-13;/h3-6,13,16H,7-11,18H2,1-2H3,(H,19,21);1H. The molecule has 0 bridgehead atoms. The molecule has 1 aliphatic rings. The molecule has 0 spiro atoms. The first-order valence-electron chi connectivity index (χ1n) is 7.92. The van der Waals surface area contributed by atoms with Crippen molar-refractivity contribution < 1.29 is 14.3 Å². The summed E-state index contributed by atoms with van der Waals surface area (Å²) in [5.41, 5.74) is 7.90. The van der Waals surface area contributed by atoms with Crippen LogP contribution >= 0.6 is 12.4 Å². The highest BCUT2D eigenvalue weighted by atomic mass is 35.5. The van der Waals surface area contributed by atoms with Crippen LogP contribution in [0.15, 0.2) is 24.3 Å². The number of carbonyl (C=O) groups excluding carboxylic acids is 2. The lowest BCUT2D eigenvalue weighted by Gasteiger charge is -2.29. The Hall–Kier alpha value is -1.63. The minimum absolute atomic E-state index is 0. The summed E-state index contributed by atoms with van der Waals surface area (Å²) < 4.78 is 5.28. The monoisotopic (exact) mass is 355 g/mol. The lowest BCUT2D eigenvalue weighted by atomic mass is 9.91. The summed E-state index contributed by atoms with van der Waals surface area (Å²) in [6.07, 6.45) is 1.58. The van der Waals surface area contributed by atoms with Crippen LogP contribution in [0.5, 0.6) is 0 Å². The fraction of sp³-hybridized carbons (Fsp3) is 0.529. The Balaban J connectivity index is 0.00000288. The number of nitrogens with two attached hydrogens (primary N) is 1. The Labute approximate surface area is 149 Å². The van der Waals surface area contributed by atoms with E-state index < -0.39 is 6.04 Å². The van der Waals surface area contributed by atoms with E-state index in [-0.39, 0.29) is 36.7 Å². The van der Waals surface area contributed by atoms with Gasteiger partial charge in [0, 0.05) is 25.9 Å². The summed E-state index contributed by atoms with van der Waals surface area (Å²) in [4.78, 5) is 25.8. The average molecular weight is 356 g/mol. The van der Waals surface area contributed by atoms with Gasteiger partial charge in [0.2, 0.25) is 11.8 Å². The van der Waals surface area contributed by atoms with E-state index >= 15 is 0 Å². The predicted molar refractivity (Wildman–Crippen MR) is 96.2 cm³/mol. The number of aryl methyl sites for hydroxylation is 1. The second-order valence-corrected chi connectivity index (χ2v) is 6.08. The molecule has 1 aromatic carbocycles. The number of likely N-dealkylation sites (N-methyl/N-ethyl adjacent to an activating group) is 1. The van der Waals surface area contributed by atoms with Gasteiger partial charge >= 0.3 is 0 Å². The SMILES string of the molecule is Cc1ccc(NC(=O)CN(C)C(=O)C(N)C2CCOCC2)cc1.Cl. The highest BCUT2D eigenvalue weighted by Gasteiger charge is 2.29. The van der Waals surface area contributed by atoms with Gasteiger partial charge in [-0.15, -0.1) is 12.4 Å². The van der Waals surface area contributed by atoms with E-state index in [0.717, 1.165) is 24.1 Å². The number of benzene rings is 1. The molecule has 3 N–H and O–H groups in total.